The van der Waals surface area contributed by atoms with Crippen molar-refractivity contribution in [3.63, 3.8) is 0 Å². The van der Waals surface area contributed by atoms with Gasteiger partial charge in [-0.25, -0.2) is 0 Å². The van der Waals surface area contributed by atoms with Crippen molar-refractivity contribution in [2.45, 2.75) is 32.2 Å². The average molecular weight is 287 g/mol. The molecule has 0 spiro atoms. The summed E-state index contributed by atoms with van der Waals surface area (Å²) in [5, 5.41) is 25.0. The predicted octanol–water partition coefficient (Wildman–Crippen LogP) is 1.01. The number of aromatic nitrogens is 4. The molecule has 1 unspecified atom stereocenters. The van der Waals surface area contributed by atoms with Crippen LogP contribution in [0.25, 0.3) is 11.4 Å². The second-order valence-corrected chi connectivity index (χ2v) is 5.09. The third kappa shape index (κ3) is 3.79. The first-order valence-electron chi connectivity index (χ1n) is 6.62. The maximum Gasteiger partial charge on any atom is 0.320 e. The van der Waals surface area contributed by atoms with Crippen molar-refractivity contribution >= 4 is 5.97 Å². The van der Waals surface area contributed by atoms with Gasteiger partial charge in [-0.05, 0) is 18.1 Å². The maximum absolute atomic E-state index is 10.8. The summed E-state index contributed by atoms with van der Waals surface area (Å²) < 4.78 is 0. The Morgan fingerprint density at radius 3 is 2.48 bits per heavy atom. The van der Waals surface area contributed by atoms with Gasteiger partial charge in [0.25, 0.3) is 0 Å². The van der Waals surface area contributed by atoms with E-state index in [9.17, 15) is 4.79 Å². The van der Waals surface area contributed by atoms with Crippen LogP contribution in [0.5, 0.6) is 0 Å². The van der Waals surface area contributed by atoms with E-state index in [0.717, 1.165) is 11.1 Å². The zero-order valence-electron chi connectivity index (χ0n) is 11.9. The van der Waals surface area contributed by atoms with E-state index in [2.05, 4.69) is 20.4 Å². The lowest BCUT2D eigenvalue weighted by molar-refractivity contribution is -0.138. The molecule has 0 radical (unpaired) electrons. The SMILES string of the molecule is CC(C)c1nnc(-c2cccc(CC(N)C(=O)O)c2)nn1. The number of benzene rings is 1. The fourth-order valence-corrected chi connectivity index (χ4v) is 1.76. The van der Waals surface area contributed by atoms with Crippen molar-refractivity contribution in [3.8, 4) is 11.4 Å². The number of aliphatic carboxylic acids is 1. The predicted molar refractivity (Wildman–Crippen MR) is 76.5 cm³/mol. The van der Waals surface area contributed by atoms with Crippen LogP contribution in [0, 0.1) is 0 Å². The molecule has 0 saturated carbocycles. The van der Waals surface area contributed by atoms with Gasteiger partial charge in [-0.15, -0.1) is 20.4 Å². The van der Waals surface area contributed by atoms with E-state index in [0.29, 0.717) is 11.6 Å². The molecule has 1 aromatic heterocycles. The number of rotatable bonds is 5. The number of carboxylic acid groups (broad SMARTS) is 1. The molecule has 0 aliphatic rings. The number of carboxylic acids is 1. The van der Waals surface area contributed by atoms with Gasteiger partial charge in [0, 0.05) is 11.5 Å². The van der Waals surface area contributed by atoms with Crippen LogP contribution in [-0.4, -0.2) is 37.5 Å². The van der Waals surface area contributed by atoms with Gasteiger partial charge in [-0.1, -0.05) is 32.0 Å². The quantitative estimate of drug-likeness (QED) is 0.843. The Bertz CT molecular complexity index is 628. The Morgan fingerprint density at radius 2 is 1.90 bits per heavy atom. The Morgan fingerprint density at radius 1 is 1.24 bits per heavy atom. The minimum absolute atomic E-state index is 0.166. The highest BCUT2D eigenvalue weighted by atomic mass is 16.4. The van der Waals surface area contributed by atoms with Gasteiger partial charge in [0.05, 0.1) is 0 Å². The molecule has 0 aliphatic carbocycles. The zero-order valence-corrected chi connectivity index (χ0v) is 11.9. The summed E-state index contributed by atoms with van der Waals surface area (Å²) in [4.78, 5) is 10.8. The van der Waals surface area contributed by atoms with Crippen LogP contribution in [0.15, 0.2) is 24.3 Å². The zero-order chi connectivity index (χ0) is 15.4. The van der Waals surface area contributed by atoms with Crippen LogP contribution >= 0.6 is 0 Å². The first-order valence-corrected chi connectivity index (χ1v) is 6.62. The molecule has 0 bridgehead atoms. The summed E-state index contributed by atoms with van der Waals surface area (Å²) in [7, 11) is 0. The lowest BCUT2D eigenvalue weighted by Gasteiger charge is -2.08. The molecule has 0 amide bonds. The number of carbonyl (C=O) groups is 1. The van der Waals surface area contributed by atoms with Crippen LogP contribution in [0.2, 0.25) is 0 Å². The van der Waals surface area contributed by atoms with Crippen molar-refractivity contribution in [2.75, 3.05) is 0 Å². The molecule has 2 aromatic rings. The highest BCUT2D eigenvalue weighted by Gasteiger charge is 2.13. The molecule has 0 aliphatic heterocycles. The fourth-order valence-electron chi connectivity index (χ4n) is 1.76. The highest BCUT2D eigenvalue weighted by molar-refractivity contribution is 5.73. The molecule has 3 N–H and O–H groups in total. The highest BCUT2D eigenvalue weighted by Crippen LogP contribution is 2.16. The second kappa shape index (κ2) is 6.36. The van der Waals surface area contributed by atoms with E-state index in [1.54, 1.807) is 12.1 Å². The molecular weight excluding hydrogens is 270 g/mol. The summed E-state index contributed by atoms with van der Waals surface area (Å²) >= 11 is 0. The summed E-state index contributed by atoms with van der Waals surface area (Å²) in [6.07, 6.45) is 0.244. The molecule has 7 heteroatoms. The van der Waals surface area contributed by atoms with Gasteiger partial charge >= 0.3 is 5.97 Å². The van der Waals surface area contributed by atoms with E-state index in [4.69, 9.17) is 10.8 Å². The van der Waals surface area contributed by atoms with Gasteiger partial charge in [0.2, 0.25) is 5.82 Å². The van der Waals surface area contributed by atoms with Gasteiger partial charge in [-0.3, -0.25) is 4.79 Å². The third-order valence-electron chi connectivity index (χ3n) is 2.97. The Balaban J connectivity index is 2.22. The number of nitrogens with two attached hydrogens (primary N) is 1. The molecule has 0 fully saturated rings. The van der Waals surface area contributed by atoms with Crippen molar-refractivity contribution < 1.29 is 9.90 Å². The van der Waals surface area contributed by atoms with Gasteiger partial charge in [0.15, 0.2) is 5.82 Å². The summed E-state index contributed by atoms with van der Waals surface area (Å²) in [6, 6.07) is 6.31. The molecular formula is C14H17N5O2. The number of nitrogens with zero attached hydrogens (tertiary/aromatic N) is 4. The monoisotopic (exact) mass is 287 g/mol. The van der Waals surface area contributed by atoms with E-state index < -0.39 is 12.0 Å². The van der Waals surface area contributed by atoms with Crippen LogP contribution in [0.4, 0.5) is 0 Å². The fraction of sp³-hybridized carbons (Fsp3) is 0.357. The minimum Gasteiger partial charge on any atom is -0.480 e. The summed E-state index contributed by atoms with van der Waals surface area (Å²) in [5.74, 6) is 0.133. The first kappa shape index (κ1) is 15.0. The van der Waals surface area contributed by atoms with Crippen LogP contribution < -0.4 is 5.73 Å². The lowest BCUT2D eigenvalue weighted by atomic mass is 10.0. The van der Waals surface area contributed by atoms with Crippen LogP contribution in [0.1, 0.15) is 31.2 Å². The molecule has 2 rings (SSSR count). The maximum atomic E-state index is 10.8. The third-order valence-corrected chi connectivity index (χ3v) is 2.97. The van der Waals surface area contributed by atoms with E-state index >= 15 is 0 Å². The van der Waals surface area contributed by atoms with Crippen molar-refractivity contribution in [2.24, 2.45) is 5.73 Å². The molecule has 110 valence electrons. The van der Waals surface area contributed by atoms with Crippen LogP contribution in [-0.2, 0) is 11.2 Å². The average Bonchev–Trinajstić information content (AvgIpc) is 2.47. The van der Waals surface area contributed by atoms with Gasteiger partial charge in [-0.2, -0.15) is 0 Å². The molecule has 7 nitrogen and oxygen atoms in total. The number of hydrogen-bond donors (Lipinski definition) is 2. The Kier molecular flexibility index (Phi) is 4.54. The van der Waals surface area contributed by atoms with Crippen molar-refractivity contribution in [1.82, 2.24) is 20.4 Å². The second-order valence-electron chi connectivity index (χ2n) is 5.09. The largest absolute Gasteiger partial charge is 0.480 e. The molecule has 1 heterocycles. The van der Waals surface area contributed by atoms with Crippen molar-refractivity contribution in [1.29, 1.82) is 0 Å². The van der Waals surface area contributed by atoms with E-state index in [1.807, 2.05) is 26.0 Å². The molecule has 1 atom stereocenters. The van der Waals surface area contributed by atoms with Gasteiger partial charge < -0.3 is 10.8 Å². The topological polar surface area (TPSA) is 115 Å². The van der Waals surface area contributed by atoms with Crippen LogP contribution in [0.3, 0.4) is 0 Å². The summed E-state index contributed by atoms with van der Waals surface area (Å²) in [6.45, 7) is 3.93. The normalized spacial score (nSPS) is 12.4. The molecule has 21 heavy (non-hydrogen) atoms. The van der Waals surface area contributed by atoms with E-state index in [-0.39, 0.29) is 12.3 Å². The Labute approximate surface area is 122 Å². The smallest absolute Gasteiger partial charge is 0.320 e. The van der Waals surface area contributed by atoms with E-state index in [1.165, 1.54) is 0 Å². The van der Waals surface area contributed by atoms with Crippen molar-refractivity contribution in [3.05, 3.63) is 35.7 Å². The molecule has 1 aromatic carbocycles. The number of hydrogen-bond acceptors (Lipinski definition) is 6. The lowest BCUT2D eigenvalue weighted by Crippen LogP contribution is -2.32. The minimum atomic E-state index is -1.03. The van der Waals surface area contributed by atoms with Gasteiger partial charge in [0.1, 0.15) is 6.04 Å². The standard InChI is InChI=1S/C14H17N5O2/c1-8(2)12-16-18-13(19-17-12)10-5-3-4-9(6-10)7-11(15)14(20)21/h3-6,8,11H,7,15H2,1-2H3,(H,20,21). The summed E-state index contributed by atoms with van der Waals surface area (Å²) in [5.41, 5.74) is 7.08. The Hall–Kier alpha value is -2.41. The first-order chi connectivity index (χ1) is 9.97. The molecule has 0 saturated heterocycles.